The SMILES string of the molecule is Cc1nocc1C(=O)Nc1ccc(I)c(N)n1. The zero-order valence-corrected chi connectivity index (χ0v) is 11.1. The van der Waals surface area contributed by atoms with Crippen LogP contribution in [-0.4, -0.2) is 16.0 Å². The van der Waals surface area contributed by atoms with Gasteiger partial charge in [-0.15, -0.1) is 0 Å². The largest absolute Gasteiger partial charge is 0.383 e. The summed E-state index contributed by atoms with van der Waals surface area (Å²) in [5.41, 5.74) is 6.55. The maximum atomic E-state index is 11.8. The van der Waals surface area contributed by atoms with Crippen molar-refractivity contribution >= 4 is 40.1 Å². The summed E-state index contributed by atoms with van der Waals surface area (Å²) in [7, 11) is 0. The van der Waals surface area contributed by atoms with Crippen molar-refractivity contribution in [3.63, 3.8) is 0 Å². The molecule has 0 fully saturated rings. The lowest BCUT2D eigenvalue weighted by Crippen LogP contribution is -2.14. The Balaban J connectivity index is 2.19. The van der Waals surface area contributed by atoms with Crippen LogP contribution in [0.3, 0.4) is 0 Å². The van der Waals surface area contributed by atoms with Crippen molar-refractivity contribution in [2.75, 3.05) is 11.1 Å². The van der Waals surface area contributed by atoms with Gasteiger partial charge in [0.05, 0.1) is 9.26 Å². The maximum Gasteiger partial charge on any atom is 0.262 e. The van der Waals surface area contributed by atoms with Crippen LogP contribution in [0.2, 0.25) is 0 Å². The Morgan fingerprint density at radius 1 is 1.53 bits per heavy atom. The number of halogens is 1. The second kappa shape index (κ2) is 4.70. The second-order valence-electron chi connectivity index (χ2n) is 3.33. The minimum atomic E-state index is -0.322. The van der Waals surface area contributed by atoms with Gasteiger partial charge in [-0.2, -0.15) is 0 Å². The Kier molecular flexibility index (Phi) is 3.27. The highest BCUT2D eigenvalue weighted by atomic mass is 127. The molecule has 88 valence electrons. The van der Waals surface area contributed by atoms with Gasteiger partial charge in [0.1, 0.15) is 23.5 Å². The van der Waals surface area contributed by atoms with E-state index in [4.69, 9.17) is 5.73 Å². The molecule has 0 atom stereocenters. The van der Waals surface area contributed by atoms with Crippen LogP contribution in [0.25, 0.3) is 0 Å². The van der Waals surface area contributed by atoms with Crippen molar-refractivity contribution in [2.45, 2.75) is 6.92 Å². The second-order valence-corrected chi connectivity index (χ2v) is 4.49. The van der Waals surface area contributed by atoms with Crippen molar-refractivity contribution in [1.82, 2.24) is 10.1 Å². The fourth-order valence-electron chi connectivity index (χ4n) is 1.22. The number of aromatic nitrogens is 2. The van der Waals surface area contributed by atoms with Crippen LogP contribution in [0.4, 0.5) is 11.6 Å². The van der Waals surface area contributed by atoms with E-state index in [2.05, 4.69) is 42.6 Å². The summed E-state index contributed by atoms with van der Waals surface area (Å²) in [4.78, 5) is 15.8. The van der Waals surface area contributed by atoms with Gasteiger partial charge in [-0.3, -0.25) is 4.79 Å². The zero-order chi connectivity index (χ0) is 12.4. The van der Waals surface area contributed by atoms with Crippen molar-refractivity contribution in [3.05, 3.63) is 33.2 Å². The normalized spacial score (nSPS) is 10.2. The van der Waals surface area contributed by atoms with Crippen LogP contribution >= 0.6 is 22.6 Å². The molecule has 0 bridgehead atoms. The van der Waals surface area contributed by atoms with Crippen molar-refractivity contribution in [3.8, 4) is 0 Å². The summed E-state index contributed by atoms with van der Waals surface area (Å²) in [5.74, 6) is 0.454. The molecule has 2 rings (SSSR count). The summed E-state index contributed by atoms with van der Waals surface area (Å²) in [5, 5.41) is 6.25. The lowest BCUT2D eigenvalue weighted by Gasteiger charge is -2.04. The molecule has 0 aromatic carbocycles. The molecule has 0 saturated heterocycles. The van der Waals surface area contributed by atoms with Crippen LogP contribution in [0.1, 0.15) is 16.1 Å². The summed E-state index contributed by atoms with van der Waals surface area (Å²) in [6.45, 7) is 1.69. The van der Waals surface area contributed by atoms with Crippen LogP contribution in [-0.2, 0) is 0 Å². The average Bonchev–Trinajstić information content (AvgIpc) is 2.70. The molecule has 0 saturated carbocycles. The van der Waals surface area contributed by atoms with Crippen LogP contribution < -0.4 is 11.1 Å². The third-order valence-corrected chi connectivity index (χ3v) is 3.02. The van der Waals surface area contributed by atoms with Gasteiger partial charge < -0.3 is 15.6 Å². The number of carbonyl (C=O) groups is 1. The molecule has 7 heteroatoms. The monoisotopic (exact) mass is 344 g/mol. The van der Waals surface area contributed by atoms with Crippen LogP contribution in [0.15, 0.2) is 22.9 Å². The van der Waals surface area contributed by atoms with E-state index in [1.165, 1.54) is 6.26 Å². The predicted octanol–water partition coefficient (Wildman–Crippen LogP) is 1.82. The molecule has 1 amide bonds. The van der Waals surface area contributed by atoms with Crippen molar-refractivity contribution in [1.29, 1.82) is 0 Å². The molecule has 3 N–H and O–H groups in total. The predicted molar refractivity (Wildman–Crippen MR) is 70.6 cm³/mol. The molecule has 6 nitrogen and oxygen atoms in total. The van der Waals surface area contributed by atoms with Gasteiger partial charge in [-0.1, -0.05) is 5.16 Å². The molecule has 2 aromatic heterocycles. The average molecular weight is 344 g/mol. The van der Waals surface area contributed by atoms with E-state index >= 15 is 0 Å². The number of nitrogens with two attached hydrogens (primary N) is 1. The number of hydrogen-bond donors (Lipinski definition) is 2. The topological polar surface area (TPSA) is 94.0 Å². The lowest BCUT2D eigenvalue weighted by molar-refractivity contribution is 0.102. The number of amides is 1. The van der Waals surface area contributed by atoms with Gasteiger partial charge in [-0.05, 0) is 41.6 Å². The van der Waals surface area contributed by atoms with Crippen molar-refractivity contribution in [2.24, 2.45) is 0 Å². The Hall–Kier alpha value is -1.64. The van der Waals surface area contributed by atoms with Crippen molar-refractivity contribution < 1.29 is 9.32 Å². The number of nitrogen functional groups attached to an aromatic ring is 1. The van der Waals surface area contributed by atoms with E-state index in [9.17, 15) is 4.79 Å². The van der Waals surface area contributed by atoms with Crippen LogP contribution in [0.5, 0.6) is 0 Å². The molecular formula is C10H9IN4O2. The molecule has 17 heavy (non-hydrogen) atoms. The minimum Gasteiger partial charge on any atom is -0.383 e. The van der Waals surface area contributed by atoms with E-state index in [-0.39, 0.29) is 5.91 Å². The quantitative estimate of drug-likeness (QED) is 0.811. The molecule has 2 aromatic rings. The number of pyridine rings is 1. The highest BCUT2D eigenvalue weighted by Gasteiger charge is 2.13. The highest BCUT2D eigenvalue weighted by molar-refractivity contribution is 14.1. The number of nitrogens with zero attached hydrogens (tertiary/aromatic N) is 2. The van der Waals surface area contributed by atoms with Crippen LogP contribution in [0, 0.1) is 10.5 Å². The van der Waals surface area contributed by atoms with E-state index in [0.29, 0.717) is 22.9 Å². The summed E-state index contributed by atoms with van der Waals surface area (Å²) < 4.78 is 5.52. The number of rotatable bonds is 2. The smallest absolute Gasteiger partial charge is 0.262 e. The molecule has 0 aliphatic carbocycles. The molecule has 0 spiro atoms. The molecule has 0 unspecified atom stereocenters. The first-order valence-electron chi connectivity index (χ1n) is 4.72. The van der Waals surface area contributed by atoms with E-state index in [0.717, 1.165) is 3.57 Å². The fraction of sp³-hybridized carbons (Fsp3) is 0.100. The Morgan fingerprint density at radius 3 is 2.88 bits per heavy atom. The maximum absolute atomic E-state index is 11.8. The molecular weight excluding hydrogens is 335 g/mol. The Morgan fingerprint density at radius 2 is 2.29 bits per heavy atom. The van der Waals surface area contributed by atoms with Gasteiger partial charge >= 0.3 is 0 Å². The number of carbonyl (C=O) groups excluding carboxylic acids is 1. The number of aryl methyl sites for hydroxylation is 1. The third-order valence-electron chi connectivity index (χ3n) is 2.11. The summed E-state index contributed by atoms with van der Waals surface area (Å²) >= 11 is 2.07. The lowest BCUT2D eigenvalue weighted by atomic mass is 10.2. The number of nitrogens with one attached hydrogen (secondary N) is 1. The third kappa shape index (κ3) is 2.54. The first kappa shape index (κ1) is 11.8. The standard InChI is InChI=1S/C10H9IN4O2/c1-5-6(4-17-15-5)10(16)14-8-3-2-7(11)9(12)13-8/h2-4H,1H3,(H3,12,13,14,16). The van der Waals surface area contributed by atoms with Gasteiger partial charge in [0.15, 0.2) is 0 Å². The molecule has 0 aliphatic heterocycles. The Labute approximate surface area is 111 Å². The highest BCUT2D eigenvalue weighted by Crippen LogP contribution is 2.16. The summed E-state index contributed by atoms with van der Waals surface area (Å²) in [6, 6.07) is 3.46. The first-order chi connectivity index (χ1) is 8.08. The van der Waals surface area contributed by atoms with E-state index in [1.54, 1.807) is 19.1 Å². The first-order valence-corrected chi connectivity index (χ1v) is 5.80. The minimum absolute atomic E-state index is 0.322. The molecule has 0 aliphatic rings. The van der Waals surface area contributed by atoms with E-state index in [1.807, 2.05) is 0 Å². The van der Waals surface area contributed by atoms with E-state index < -0.39 is 0 Å². The van der Waals surface area contributed by atoms with Gasteiger partial charge in [-0.25, -0.2) is 4.98 Å². The van der Waals surface area contributed by atoms with Gasteiger partial charge in [0.25, 0.3) is 5.91 Å². The fourth-order valence-corrected chi connectivity index (χ4v) is 1.52. The summed E-state index contributed by atoms with van der Waals surface area (Å²) in [6.07, 6.45) is 1.29. The van der Waals surface area contributed by atoms with Gasteiger partial charge in [0, 0.05) is 0 Å². The number of hydrogen-bond acceptors (Lipinski definition) is 5. The molecule has 2 heterocycles. The van der Waals surface area contributed by atoms with Gasteiger partial charge in [0.2, 0.25) is 0 Å². The number of anilines is 2. The zero-order valence-electron chi connectivity index (χ0n) is 8.90. The Bertz CT molecular complexity index is 567. The molecule has 0 radical (unpaired) electrons.